The number of benzene rings is 1. The van der Waals surface area contributed by atoms with Crippen molar-refractivity contribution >= 4 is 5.82 Å². The van der Waals surface area contributed by atoms with Gasteiger partial charge in [-0.05, 0) is 37.6 Å². The molecule has 82 valence electrons. The van der Waals surface area contributed by atoms with Crippen molar-refractivity contribution in [1.82, 2.24) is 9.97 Å². The van der Waals surface area contributed by atoms with Gasteiger partial charge in [0.25, 0.3) is 0 Å². The van der Waals surface area contributed by atoms with Crippen LogP contribution in [0, 0.1) is 19.7 Å². The Kier molecular flexibility index (Phi) is 2.56. The Hall–Kier alpha value is -1.97. The Bertz CT molecular complexity index is 448. The Morgan fingerprint density at radius 3 is 2.44 bits per heavy atom. The second kappa shape index (κ2) is 3.89. The molecule has 0 amide bonds. The molecule has 1 heterocycles. The van der Waals surface area contributed by atoms with Crippen LogP contribution in [-0.4, -0.2) is 9.97 Å². The Balaban J connectivity index is 2.57. The van der Waals surface area contributed by atoms with Crippen LogP contribution in [0.1, 0.15) is 11.3 Å². The van der Waals surface area contributed by atoms with E-state index in [1.165, 1.54) is 12.1 Å². The highest BCUT2D eigenvalue weighted by atomic mass is 19.1. The predicted octanol–water partition coefficient (Wildman–Crippen LogP) is 2.48. The van der Waals surface area contributed by atoms with Gasteiger partial charge in [0, 0.05) is 17.3 Å². The summed E-state index contributed by atoms with van der Waals surface area (Å²) >= 11 is 0. The van der Waals surface area contributed by atoms with Crippen molar-refractivity contribution in [2.45, 2.75) is 13.8 Å². The third-order valence-corrected chi connectivity index (χ3v) is 2.17. The molecule has 0 unspecified atom stereocenters. The summed E-state index contributed by atoms with van der Waals surface area (Å²) in [5, 5.41) is 0. The molecule has 0 fully saturated rings. The van der Waals surface area contributed by atoms with Crippen molar-refractivity contribution in [2.24, 2.45) is 0 Å². The molecule has 0 aliphatic carbocycles. The molecule has 0 bridgehead atoms. The molecule has 1 aromatic heterocycles. The van der Waals surface area contributed by atoms with Crippen molar-refractivity contribution < 1.29 is 4.39 Å². The lowest BCUT2D eigenvalue weighted by Gasteiger charge is -2.04. The molecule has 2 N–H and O–H groups in total. The van der Waals surface area contributed by atoms with E-state index in [1.807, 2.05) is 19.9 Å². The summed E-state index contributed by atoms with van der Waals surface area (Å²) in [6.45, 7) is 3.65. The Morgan fingerprint density at radius 2 is 1.81 bits per heavy atom. The van der Waals surface area contributed by atoms with Crippen LogP contribution in [0.4, 0.5) is 10.2 Å². The van der Waals surface area contributed by atoms with Gasteiger partial charge in [-0.1, -0.05) is 0 Å². The number of aryl methyl sites for hydroxylation is 2. The maximum atomic E-state index is 13.2. The van der Waals surface area contributed by atoms with Crippen LogP contribution in [0.5, 0.6) is 0 Å². The summed E-state index contributed by atoms with van der Waals surface area (Å²) < 4.78 is 13.2. The van der Waals surface area contributed by atoms with E-state index in [4.69, 9.17) is 5.73 Å². The van der Waals surface area contributed by atoms with E-state index >= 15 is 0 Å². The van der Waals surface area contributed by atoms with Gasteiger partial charge in [0.15, 0.2) is 5.82 Å². The fourth-order valence-electron chi connectivity index (χ4n) is 1.59. The first kappa shape index (κ1) is 10.5. The molecule has 0 atom stereocenters. The predicted molar refractivity (Wildman–Crippen MR) is 61.3 cm³/mol. The molecule has 0 saturated carbocycles. The number of anilines is 1. The molecule has 0 spiro atoms. The van der Waals surface area contributed by atoms with E-state index in [0.717, 1.165) is 11.3 Å². The average Bonchev–Trinajstić information content (AvgIpc) is 2.14. The van der Waals surface area contributed by atoms with Crippen molar-refractivity contribution in [3.05, 3.63) is 41.3 Å². The molecule has 16 heavy (non-hydrogen) atoms. The highest BCUT2D eigenvalue weighted by Crippen LogP contribution is 2.19. The monoisotopic (exact) mass is 217 g/mol. The van der Waals surface area contributed by atoms with Gasteiger partial charge in [0.1, 0.15) is 11.6 Å². The smallest absolute Gasteiger partial charge is 0.161 e. The van der Waals surface area contributed by atoms with Crippen LogP contribution in [0.25, 0.3) is 11.4 Å². The number of hydrogen-bond acceptors (Lipinski definition) is 3. The molecule has 0 radical (unpaired) electrons. The number of nitrogens with two attached hydrogens (primary N) is 1. The van der Waals surface area contributed by atoms with Crippen LogP contribution in [0.15, 0.2) is 24.3 Å². The SMILES string of the molecule is Cc1cc(F)cc(-c2nc(C)cc(N)n2)c1. The molecule has 2 rings (SSSR count). The highest BCUT2D eigenvalue weighted by Gasteiger charge is 2.05. The fourth-order valence-corrected chi connectivity index (χ4v) is 1.59. The normalized spacial score (nSPS) is 10.4. The zero-order chi connectivity index (χ0) is 11.7. The first-order chi connectivity index (χ1) is 7.54. The molecule has 0 saturated heterocycles. The minimum absolute atomic E-state index is 0.293. The van der Waals surface area contributed by atoms with Gasteiger partial charge < -0.3 is 5.73 Å². The summed E-state index contributed by atoms with van der Waals surface area (Å²) in [5.74, 6) is 0.559. The van der Waals surface area contributed by atoms with E-state index in [1.54, 1.807) is 6.07 Å². The first-order valence-corrected chi connectivity index (χ1v) is 4.93. The van der Waals surface area contributed by atoms with Gasteiger partial charge >= 0.3 is 0 Å². The number of rotatable bonds is 1. The van der Waals surface area contributed by atoms with Crippen molar-refractivity contribution in [2.75, 3.05) is 5.73 Å². The maximum absolute atomic E-state index is 13.2. The molecular formula is C12H12FN3. The van der Waals surface area contributed by atoms with E-state index in [9.17, 15) is 4.39 Å². The minimum Gasteiger partial charge on any atom is -0.384 e. The van der Waals surface area contributed by atoms with Gasteiger partial charge in [0.2, 0.25) is 0 Å². The topological polar surface area (TPSA) is 51.8 Å². The Morgan fingerprint density at radius 1 is 1.06 bits per heavy atom. The second-order valence-electron chi connectivity index (χ2n) is 3.78. The van der Waals surface area contributed by atoms with Crippen molar-refractivity contribution in [3.63, 3.8) is 0 Å². The van der Waals surface area contributed by atoms with Gasteiger partial charge in [-0.3, -0.25) is 0 Å². The summed E-state index contributed by atoms with van der Waals surface area (Å²) in [5.41, 5.74) is 7.87. The third kappa shape index (κ3) is 2.16. The maximum Gasteiger partial charge on any atom is 0.161 e. The number of nitrogens with zero attached hydrogens (tertiary/aromatic N) is 2. The Labute approximate surface area is 93.2 Å². The number of halogens is 1. The van der Waals surface area contributed by atoms with Crippen LogP contribution in [-0.2, 0) is 0 Å². The van der Waals surface area contributed by atoms with E-state index < -0.39 is 0 Å². The number of hydrogen-bond donors (Lipinski definition) is 1. The van der Waals surface area contributed by atoms with Gasteiger partial charge in [0.05, 0.1) is 0 Å². The van der Waals surface area contributed by atoms with E-state index in [0.29, 0.717) is 17.2 Å². The molecule has 4 heteroatoms. The van der Waals surface area contributed by atoms with Gasteiger partial charge in [-0.25, -0.2) is 14.4 Å². The van der Waals surface area contributed by atoms with Gasteiger partial charge in [-0.15, -0.1) is 0 Å². The highest BCUT2D eigenvalue weighted by molar-refractivity contribution is 5.58. The fraction of sp³-hybridized carbons (Fsp3) is 0.167. The molecule has 3 nitrogen and oxygen atoms in total. The lowest BCUT2D eigenvalue weighted by atomic mass is 10.1. The minimum atomic E-state index is -0.293. The molecule has 0 aliphatic rings. The van der Waals surface area contributed by atoms with Crippen molar-refractivity contribution in [3.8, 4) is 11.4 Å². The molecular weight excluding hydrogens is 205 g/mol. The van der Waals surface area contributed by atoms with Crippen LogP contribution >= 0.6 is 0 Å². The largest absolute Gasteiger partial charge is 0.384 e. The summed E-state index contributed by atoms with van der Waals surface area (Å²) in [4.78, 5) is 8.32. The third-order valence-electron chi connectivity index (χ3n) is 2.17. The van der Waals surface area contributed by atoms with Crippen molar-refractivity contribution in [1.29, 1.82) is 0 Å². The molecule has 1 aromatic carbocycles. The molecule has 2 aromatic rings. The lowest BCUT2D eigenvalue weighted by molar-refractivity contribution is 0.627. The second-order valence-corrected chi connectivity index (χ2v) is 3.78. The zero-order valence-corrected chi connectivity index (χ0v) is 9.16. The number of aromatic nitrogens is 2. The van der Waals surface area contributed by atoms with Crippen LogP contribution in [0.2, 0.25) is 0 Å². The zero-order valence-electron chi connectivity index (χ0n) is 9.16. The summed E-state index contributed by atoms with van der Waals surface area (Å²) in [6.07, 6.45) is 0. The molecule has 0 aliphatic heterocycles. The van der Waals surface area contributed by atoms with E-state index in [2.05, 4.69) is 9.97 Å². The van der Waals surface area contributed by atoms with Crippen LogP contribution in [0.3, 0.4) is 0 Å². The van der Waals surface area contributed by atoms with Crippen LogP contribution < -0.4 is 5.73 Å². The van der Waals surface area contributed by atoms with E-state index in [-0.39, 0.29) is 5.82 Å². The summed E-state index contributed by atoms with van der Waals surface area (Å²) in [6, 6.07) is 6.37. The number of nitrogen functional groups attached to an aromatic ring is 1. The quantitative estimate of drug-likeness (QED) is 0.798. The first-order valence-electron chi connectivity index (χ1n) is 4.93. The lowest BCUT2D eigenvalue weighted by Crippen LogP contribution is -1.98. The average molecular weight is 217 g/mol. The standard InChI is InChI=1S/C12H12FN3/c1-7-3-9(6-10(13)4-7)12-15-8(2)5-11(14)16-12/h3-6H,1-2H3,(H2,14,15,16). The summed E-state index contributed by atoms with van der Waals surface area (Å²) in [7, 11) is 0. The van der Waals surface area contributed by atoms with Gasteiger partial charge in [-0.2, -0.15) is 0 Å².